The predicted octanol–water partition coefficient (Wildman–Crippen LogP) is 3.31. The quantitative estimate of drug-likeness (QED) is 0.804. The average molecular weight is 189 g/mol. The van der Waals surface area contributed by atoms with E-state index in [1.54, 1.807) is 12.5 Å². The van der Waals surface area contributed by atoms with Crippen molar-refractivity contribution in [3.05, 3.63) is 30.2 Å². The van der Waals surface area contributed by atoms with E-state index in [0.29, 0.717) is 0 Å². The molecule has 1 aliphatic carbocycles. The molecular weight excluding hydrogens is 174 g/mol. The maximum Gasteiger partial charge on any atom is 0.0980 e. The van der Waals surface area contributed by atoms with E-state index in [1.807, 2.05) is 6.07 Å². The molecule has 0 spiro atoms. The summed E-state index contributed by atoms with van der Waals surface area (Å²) < 4.78 is 5.11. The summed E-state index contributed by atoms with van der Waals surface area (Å²) in [6.45, 7) is 2.19. The second-order valence-electron chi connectivity index (χ2n) is 3.61. The molecule has 2 rings (SSSR count). The van der Waals surface area contributed by atoms with Crippen molar-refractivity contribution >= 4 is 5.69 Å². The van der Waals surface area contributed by atoms with Crippen LogP contribution in [0.3, 0.4) is 0 Å². The molecule has 0 saturated carbocycles. The lowest BCUT2D eigenvalue weighted by Crippen LogP contribution is -1.90. The van der Waals surface area contributed by atoms with Crippen molar-refractivity contribution in [2.45, 2.75) is 26.2 Å². The first-order valence-electron chi connectivity index (χ1n) is 5.06. The van der Waals surface area contributed by atoms with Gasteiger partial charge in [0.1, 0.15) is 0 Å². The molecule has 0 aromatic rings. The molecule has 0 saturated heterocycles. The number of hydrogen-bond acceptors (Lipinski definition) is 2. The SMILES string of the molecule is CCCCc1cc2coccc-2c1N. The normalized spacial score (nSPS) is 10.9. The van der Waals surface area contributed by atoms with Crippen LogP contribution in [0.4, 0.5) is 5.69 Å². The molecule has 0 fully saturated rings. The number of nitrogen functional groups attached to an aromatic ring is 1. The lowest BCUT2D eigenvalue weighted by Gasteiger charge is -1.99. The van der Waals surface area contributed by atoms with Gasteiger partial charge in [0.05, 0.1) is 12.5 Å². The van der Waals surface area contributed by atoms with Crippen molar-refractivity contribution in [2.75, 3.05) is 5.73 Å². The van der Waals surface area contributed by atoms with Crippen LogP contribution in [0.2, 0.25) is 0 Å². The minimum Gasteiger partial charge on any atom is -0.472 e. The Morgan fingerprint density at radius 3 is 3.00 bits per heavy atom. The van der Waals surface area contributed by atoms with E-state index in [4.69, 9.17) is 10.2 Å². The van der Waals surface area contributed by atoms with Crippen LogP contribution in [0, 0.1) is 0 Å². The third-order valence-corrected chi connectivity index (χ3v) is 2.58. The second kappa shape index (κ2) is 3.74. The first-order chi connectivity index (χ1) is 6.83. The van der Waals surface area contributed by atoms with Gasteiger partial charge in [0.25, 0.3) is 0 Å². The van der Waals surface area contributed by atoms with Crippen molar-refractivity contribution in [3.8, 4) is 11.1 Å². The highest BCUT2D eigenvalue weighted by Gasteiger charge is 2.12. The molecule has 74 valence electrons. The molecule has 2 nitrogen and oxygen atoms in total. The Hall–Kier alpha value is -1.44. The van der Waals surface area contributed by atoms with E-state index >= 15 is 0 Å². The van der Waals surface area contributed by atoms with Gasteiger partial charge >= 0.3 is 0 Å². The number of hydrogen-bond donors (Lipinski definition) is 1. The van der Waals surface area contributed by atoms with Crippen molar-refractivity contribution in [1.82, 2.24) is 0 Å². The highest BCUT2D eigenvalue weighted by atomic mass is 16.3. The molecule has 2 N–H and O–H groups in total. The molecule has 0 aromatic heterocycles. The molecule has 1 aliphatic heterocycles. The first-order valence-corrected chi connectivity index (χ1v) is 5.06. The van der Waals surface area contributed by atoms with E-state index in [0.717, 1.165) is 23.2 Å². The van der Waals surface area contributed by atoms with Crippen molar-refractivity contribution in [2.24, 2.45) is 0 Å². The molecule has 0 unspecified atom stereocenters. The minimum absolute atomic E-state index is 0.921. The van der Waals surface area contributed by atoms with Gasteiger partial charge in [0, 0.05) is 16.8 Å². The standard InChI is InChI=1S/C12H15NO/c1-2-3-4-9-7-10-8-14-6-5-11(10)12(9)13/h5-8H,2-4,13H2,1H3. The zero-order valence-electron chi connectivity index (χ0n) is 8.42. The number of nitrogens with two attached hydrogens (primary N) is 1. The van der Waals surface area contributed by atoms with Crippen LogP contribution in [-0.2, 0) is 6.42 Å². The molecule has 2 aliphatic rings. The molecule has 14 heavy (non-hydrogen) atoms. The molecule has 1 heterocycles. The fraction of sp³-hybridized carbons (Fsp3) is 0.333. The van der Waals surface area contributed by atoms with Crippen LogP contribution >= 0.6 is 0 Å². The third-order valence-electron chi connectivity index (χ3n) is 2.58. The average Bonchev–Trinajstić information content (AvgIpc) is 2.54. The van der Waals surface area contributed by atoms with Gasteiger partial charge in [0.15, 0.2) is 0 Å². The van der Waals surface area contributed by atoms with Gasteiger partial charge in [-0.05, 0) is 30.5 Å². The van der Waals surface area contributed by atoms with Crippen molar-refractivity contribution in [1.29, 1.82) is 0 Å². The molecule has 0 radical (unpaired) electrons. The summed E-state index contributed by atoms with van der Waals surface area (Å²) in [6.07, 6.45) is 6.88. The number of unbranched alkanes of at least 4 members (excludes halogenated alkanes) is 1. The molecule has 0 atom stereocenters. The Labute approximate surface area is 84.1 Å². The predicted molar refractivity (Wildman–Crippen MR) is 58.4 cm³/mol. The van der Waals surface area contributed by atoms with Crippen molar-refractivity contribution in [3.63, 3.8) is 0 Å². The smallest absolute Gasteiger partial charge is 0.0980 e. The monoisotopic (exact) mass is 189 g/mol. The Morgan fingerprint density at radius 1 is 1.43 bits per heavy atom. The maximum absolute atomic E-state index is 6.04. The zero-order chi connectivity index (χ0) is 9.97. The molecular formula is C12H15NO. The summed E-state index contributed by atoms with van der Waals surface area (Å²) in [4.78, 5) is 0. The Balaban J connectivity index is 2.37. The molecule has 2 heteroatoms. The maximum atomic E-state index is 6.04. The lowest BCUT2D eigenvalue weighted by molar-refractivity contribution is 0.552. The van der Waals surface area contributed by atoms with E-state index in [9.17, 15) is 0 Å². The van der Waals surface area contributed by atoms with Crippen LogP contribution < -0.4 is 5.73 Å². The van der Waals surface area contributed by atoms with Crippen LogP contribution in [0.1, 0.15) is 25.3 Å². The van der Waals surface area contributed by atoms with Gasteiger partial charge in [-0.2, -0.15) is 0 Å². The third kappa shape index (κ3) is 1.48. The molecule has 0 amide bonds. The van der Waals surface area contributed by atoms with Crippen LogP contribution in [0.25, 0.3) is 11.1 Å². The van der Waals surface area contributed by atoms with Gasteiger partial charge in [-0.1, -0.05) is 13.3 Å². The van der Waals surface area contributed by atoms with E-state index in [-0.39, 0.29) is 0 Å². The molecule has 0 bridgehead atoms. The topological polar surface area (TPSA) is 39.2 Å². The summed E-state index contributed by atoms with van der Waals surface area (Å²) in [7, 11) is 0. The Bertz CT molecular complexity index is 392. The van der Waals surface area contributed by atoms with Crippen molar-refractivity contribution < 1.29 is 4.42 Å². The van der Waals surface area contributed by atoms with Crippen LogP contribution in [-0.4, -0.2) is 0 Å². The zero-order valence-corrected chi connectivity index (χ0v) is 8.42. The highest BCUT2D eigenvalue weighted by Crippen LogP contribution is 2.34. The minimum atomic E-state index is 0.921. The van der Waals surface area contributed by atoms with Gasteiger partial charge in [-0.15, -0.1) is 0 Å². The fourth-order valence-corrected chi connectivity index (χ4v) is 1.75. The van der Waals surface area contributed by atoms with Gasteiger partial charge in [-0.3, -0.25) is 0 Å². The lowest BCUT2D eigenvalue weighted by atomic mass is 10.1. The van der Waals surface area contributed by atoms with Gasteiger partial charge in [-0.25, -0.2) is 0 Å². The molecule has 0 aromatic carbocycles. The summed E-state index contributed by atoms with van der Waals surface area (Å²) in [5, 5.41) is 0. The first kappa shape index (κ1) is 9.13. The van der Waals surface area contributed by atoms with Gasteiger partial charge < -0.3 is 10.2 Å². The van der Waals surface area contributed by atoms with E-state index < -0.39 is 0 Å². The van der Waals surface area contributed by atoms with E-state index in [2.05, 4.69) is 13.0 Å². The highest BCUT2D eigenvalue weighted by molar-refractivity contribution is 5.82. The van der Waals surface area contributed by atoms with Gasteiger partial charge in [0.2, 0.25) is 0 Å². The second-order valence-corrected chi connectivity index (χ2v) is 3.61. The number of fused-ring (bicyclic) bond motifs is 1. The number of rotatable bonds is 3. The summed E-state index contributed by atoms with van der Waals surface area (Å²) in [5.74, 6) is 0. The van der Waals surface area contributed by atoms with Crippen LogP contribution in [0.15, 0.2) is 29.1 Å². The summed E-state index contributed by atoms with van der Waals surface area (Å²) in [5.41, 5.74) is 10.4. The Morgan fingerprint density at radius 2 is 2.29 bits per heavy atom. The fourth-order valence-electron chi connectivity index (χ4n) is 1.75. The Kier molecular flexibility index (Phi) is 2.44. The van der Waals surface area contributed by atoms with Crippen LogP contribution in [0.5, 0.6) is 0 Å². The number of anilines is 1. The largest absolute Gasteiger partial charge is 0.472 e. The summed E-state index contributed by atoms with van der Waals surface area (Å²) >= 11 is 0. The summed E-state index contributed by atoms with van der Waals surface area (Å²) in [6, 6.07) is 4.06. The van der Waals surface area contributed by atoms with E-state index in [1.165, 1.54) is 18.4 Å². The number of aryl methyl sites for hydroxylation is 1.